The number of rotatable bonds is 1. The van der Waals surface area contributed by atoms with Gasteiger partial charge in [-0.1, -0.05) is 0 Å². The molecule has 8 heavy (non-hydrogen) atoms. The zero-order valence-corrected chi connectivity index (χ0v) is 5.23. The minimum atomic E-state index is 0.843. The van der Waals surface area contributed by atoms with Crippen LogP contribution in [0.5, 0.6) is 0 Å². The molecule has 3 heteroatoms. The molecule has 2 nitrogen and oxygen atoms in total. The summed E-state index contributed by atoms with van der Waals surface area (Å²) in [7, 11) is 0. The van der Waals surface area contributed by atoms with Gasteiger partial charge >= 0.3 is 0 Å². The molecule has 0 aromatic carbocycles. The fourth-order valence-electron chi connectivity index (χ4n) is 0.510. The standard InChI is InChI=1S/C5H7NOS/c7-5-6-1-3-8-4-2-6/h1,3,5H,2,4H2. The molecule has 0 atom stereocenters. The van der Waals surface area contributed by atoms with E-state index < -0.39 is 0 Å². The van der Waals surface area contributed by atoms with Crippen molar-refractivity contribution < 1.29 is 4.79 Å². The van der Waals surface area contributed by atoms with Crippen molar-refractivity contribution in [1.29, 1.82) is 0 Å². The minimum Gasteiger partial charge on any atom is -0.320 e. The molecule has 1 aliphatic rings. The number of thioether (sulfide) groups is 1. The van der Waals surface area contributed by atoms with Gasteiger partial charge in [-0.3, -0.25) is 4.79 Å². The zero-order chi connectivity index (χ0) is 5.82. The van der Waals surface area contributed by atoms with E-state index in [1.165, 1.54) is 0 Å². The zero-order valence-electron chi connectivity index (χ0n) is 4.41. The summed E-state index contributed by atoms with van der Waals surface area (Å²) in [6, 6.07) is 0. The van der Waals surface area contributed by atoms with Crippen LogP contribution in [0.15, 0.2) is 11.6 Å². The first kappa shape index (κ1) is 5.69. The molecular formula is C5H7NOS. The van der Waals surface area contributed by atoms with Gasteiger partial charge in [0.25, 0.3) is 0 Å². The van der Waals surface area contributed by atoms with Gasteiger partial charge in [0.05, 0.1) is 0 Å². The SMILES string of the molecule is O=CN1C=CSCC1. The van der Waals surface area contributed by atoms with E-state index >= 15 is 0 Å². The van der Waals surface area contributed by atoms with E-state index in [2.05, 4.69) is 0 Å². The predicted octanol–water partition coefficient (Wildman–Crippen LogP) is 0.663. The molecule has 1 heterocycles. The minimum absolute atomic E-state index is 0.843. The van der Waals surface area contributed by atoms with Crippen LogP contribution in [0.25, 0.3) is 0 Å². The van der Waals surface area contributed by atoms with Crippen molar-refractivity contribution in [3.63, 3.8) is 0 Å². The lowest BCUT2D eigenvalue weighted by Gasteiger charge is -2.13. The summed E-state index contributed by atoms with van der Waals surface area (Å²) in [4.78, 5) is 11.7. The first-order valence-electron chi connectivity index (χ1n) is 2.43. The maximum Gasteiger partial charge on any atom is 0.213 e. The Bertz CT molecular complexity index is 113. The topological polar surface area (TPSA) is 20.3 Å². The number of carbonyl (C=O) groups is 1. The number of hydrogen-bond acceptors (Lipinski definition) is 2. The molecular weight excluding hydrogens is 122 g/mol. The summed E-state index contributed by atoms with van der Waals surface area (Å²) < 4.78 is 0. The van der Waals surface area contributed by atoms with Crippen LogP contribution < -0.4 is 0 Å². The quantitative estimate of drug-likeness (QED) is 0.485. The number of hydrogen-bond donors (Lipinski definition) is 0. The number of nitrogens with zero attached hydrogens (tertiary/aromatic N) is 1. The molecule has 0 saturated heterocycles. The van der Waals surface area contributed by atoms with Crippen molar-refractivity contribution >= 4 is 18.2 Å². The molecule has 0 aromatic rings. The van der Waals surface area contributed by atoms with Gasteiger partial charge in [0.15, 0.2) is 0 Å². The molecule has 1 aliphatic heterocycles. The van der Waals surface area contributed by atoms with E-state index in [4.69, 9.17) is 0 Å². The monoisotopic (exact) mass is 129 g/mol. The van der Waals surface area contributed by atoms with E-state index in [1.807, 2.05) is 5.41 Å². The Morgan fingerprint density at radius 3 is 3.00 bits per heavy atom. The highest BCUT2D eigenvalue weighted by atomic mass is 32.2. The van der Waals surface area contributed by atoms with E-state index in [-0.39, 0.29) is 0 Å². The summed E-state index contributed by atoms with van der Waals surface area (Å²) in [5.74, 6) is 1.02. The van der Waals surface area contributed by atoms with Gasteiger partial charge in [0, 0.05) is 18.5 Å². The average Bonchev–Trinajstić information content (AvgIpc) is 1.90. The third-order valence-corrected chi connectivity index (χ3v) is 1.68. The predicted molar refractivity (Wildman–Crippen MR) is 34.4 cm³/mol. The highest BCUT2D eigenvalue weighted by molar-refractivity contribution is 8.02. The van der Waals surface area contributed by atoms with Crippen molar-refractivity contribution in [3.8, 4) is 0 Å². The normalized spacial score (nSPS) is 18.8. The smallest absolute Gasteiger partial charge is 0.213 e. The maximum atomic E-state index is 10.0. The van der Waals surface area contributed by atoms with Gasteiger partial charge in [0.2, 0.25) is 6.41 Å². The lowest BCUT2D eigenvalue weighted by Crippen LogP contribution is -2.19. The van der Waals surface area contributed by atoms with Gasteiger partial charge in [-0.15, -0.1) is 11.8 Å². The summed E-state index contributed by atoms with van der Waals surface area (Å²) in [5.41, 5.74) is 0. The van der Waals surface area contributed by atoms with E-state index in [9.17, 15) is 4.79 Å². The summed E-state index contributed by atoms with van der Waals surface area (Å²) in [6.07, 6.45) is 2.64. The van der Waals surface area contributed by atoms with Crippen LogP contribution in [0.3, 0.4) is 0 Å². The highest BCUT2D eigenvalue weighted by Gasteiger charge is 1.98. The van der Waals surface area contributed by atoms with Crippen LogP contribution in [0, 0.1) is 0 Å². The van der Waals surface area contributed by atoms with Crippen LogP contribution in [-0.2, 0) is 4.79 Å². The maximum absolute atomic E-state index is 10.0. The lowest BCUT2D eigenvalue weighted by atomic mass is 10.6. The fourth-order valence-corrected chi connectivity index (χ4v) is 1.20. The summed E-state index contributed by atoms with van der Waals surface area (Å²) in [5, 5.41) is 1.93. The van der Waals surface area contributed by atoms with Gasteiger partial charge in [0.1, 0.15) is 0 Å². The third kappa shape index (κ3) is 1.26. The van der Waals surface area contributed by atoms with Gasteiger partial charge in [-0.05, 0) is 5.41 Å². The van der Waals surface area contributed by atoms with Crippen LogP contribution in [0.2, 0.25) is 0 Å². The third-order valence-electron chi connectivity index (χ3n) is 0.951. The van der Waals surface area contributed by atoms with Crippen LogP contribution >= 0.6 is 11.8 Å². The Hall–Kier alpha value is -0.440. The number of amides is 1. The Balaban J connectivity index is 2.42. The van der Waals surface area contributed by atoms with Crippen molar-refractivity contribution in [2.75, 3.05) is 12.3 Å². The summed E-state index contributed by atoms with van der Waals surface area (Å²) in [6.45, 7) is 0.852. The van der Waals surface area contributed by atoms with E-state index in [1.54, 1.807) is 22.9 Å². The first-order valence-corrected chi connectivity index (χ1v) is 3.47. The molecule has 1 amide bonds. The molecule has 0 aromatic heterocycles. The summed E-state index contributed by atoms with van der Waals surface area (Å²) >= 11 is 1.73. The molecule has 0 unspecified atom stereocenters. The Kier molecular flexibility index (Phi) is 1.97. The second-order valence-corrected chi connectivity index (χ2v) is 2.51. The van der Waals surface area contributed by atoms with Crippen LogP contribution in [0.4, 0.5) is 0 Å². The van der Waals surface area contributed by atoms with Gasteiger partial charge in [-0.2, -0.15) is 0 Å². The second-order valence-electron chi connectivity index (χ2n) is 1.50. The molecule has 0 bridgehead atoms. The molecule has 0 N–H and O–H groups in total. The Morgan fingerprint density at radius 1 is 1.75 bits per heavy atom. The van der Waals surface area contributed by atoms with Crippen LogP contribution in [-0.4, -0.2) is 23.6 Å². The van der Waals surface area contributed by atoms with Crippen molar-refractivity contribution in [1.82, 2.24) is 4.90 Å². The first-order chi connectivity index (χ1) is 3.93. The molecule has 44 valence electrons. The molecule has 0 saturated carbocycles. The Morgan fingerprint density at radius 2 is 2.62 bits per heavy atom. The molecule has 0 fully saturated rings. The van der Waals surface area contributed by atoms with Gasteiger partial charge in [-0.25, -0.2) is 0 Å². The van der Waals surface area contributed by atoms with Gasteiger partial charge < -0.3 is 4.90 Å². The lowest BCUT2D eigenvalue weighted by molar-refractivity contribution is -0.115. The van der Waals surface area contributed by atoms with Crippen molar-refractivity contribution in [3.05, 3.63) is 11.6 Å². The Labute approximate surface area is 52.5 Å². The molecule has 1 rings (SSSR count). The average molecular weight is 129 g/mol. The largest absolute Gasteiger partial charge is 0.320 e. The molecule has 0 radical (unpaired) electrons. The van der Waals surface area contributed by atoms with Crippen LogP contribution in [0.1, 0.15) is 0 Å². The second kappa shape index (κ2) is 2.77. The molecule has 0 spiro atoms. The van der Waals surface area contributed by atoms with Crippen molar-refractivity contribution in [2.24, 2.45) is 0 Å². The van der Waals surface area contributed by atoms with E-state index in [0.717, 1.165) is 18.7 Å². The molecule has 0 aliphatic carbocycles. The fraction of sp³-hybridized carbons (Fsp3) is 0.400. The highest BCUT2D eigenvalue weighted by Crippen LogP contribution is 2.08. The van der Waals surface area contributed by atoms with Crippen molar-refractivity contribution in [2.45, 2.75) is 0 Å². The van der Waals surface area contributed by atoms with E-state index in [0.29, 0.717) is 0 Å². The number of carbonyl (C=O) groups excluding carboxylic acids is 1.